The largest absolute Gasteiger partial charge is 0.496 e. The minimum Gasteiger partial charge on any atom is -0.496 e. The Balaban J connectivity index is 1.62. The quantitative estimate of drug-likeness (QED) is 0.511. The van der Waals surface area contributed by atoms with Gasteiger partial charge in [0.25, 0.3) is 0 Å². The molecule has 0 bridgehead atoms. The number of Topliss-reactive ketones (excluding diaryl/α,β-unsaturated/α-hetero) is 1. The minimum absolute atomic E-state index is 0.0930. The lowest BCUT2D eigenvalue weighted by molar-refractivity contribution is -0.116. The van der Waals surface area contributed by atoms with Gasteiger partial charge in [0, 0.05) is 18.5 Å². The first-order valence-electron chi connectivity index (χ1n) is 9.45. The molecular weight excluding hydrogens is 364 g/mol. The Morgan fingerprint density at radius 1 is 0.828 bits per heavy atom. The molecule has 5 nitrogen and oxygen atoms in total. The Hall–Kier alpha value is -3.60. The molecule has 3 rings (SSSR count). The summed E-state index contributed by atoms with van der Waals surface area (Å²) in [5.74, 6) is 0.181. The van der Waals surface area contributed by atoms with Crippen molar-refractivity contribution in [3.63, 3.8) is 0 Å². The van der Waals surface area contributed by atoms with Crippen LogP contribution >= 0.6 is 0 Å². The molecule has 0 radical (unpaired) electrons. The highest BCUT2D eigenvalue weighted by Gasteiger charge is 2.14. The average molecular weight is 388 g/mol. The molecule has 0 saturated heterocycles. The van der Waals surface area contributed by atoms with E-state index in [9.17, 15) is 9.59 Å². The molecule has 0 aliphatic rings. The summed E-state index contributed by atoms with van der Waals surface area (Å²) in [5.41, 5.74) is 4.06. The first-order valence-corrected chi connectivity index (χ1v) is 9.45. The predicted octanol–water partition coefficient (Wildman–Crippen LogP) is 5.35. The number of ketones is 1. The monoisotopic (exact) mass is 388 g/mol. The molecule has 0 unspecified atom stereocenters. The van der Waals surface area contributed by atoms with E-state index in [4.69, 9.17) is 4.74 Å². The third-order valence-electron chi connectivity index (χ3n) is 4.52. The summed E-state index contributed by atoms with van der Waals surface area (Å²) in [6.45, 7) is 2.03. The van der Waals surface area contributed by atoms with E-state index in [0.29, 0.717) is 17.0 Å². The summed E-state index contributed by atoms with van der Waals surface area (Å²) in [6.07, 6.45) is 0.204. The Kier molecular flexibility index (Phi) is 6.63. The highest BCUT2D eigenvalue weighted by atomic mass is 16.5. The van der Waals surface area contributed by atoms with Crippen LogP contribution in [0.25, 0.3) is 0 Å². The first kappa shape index (κ1) is 20.1. The molecule has 3 aromatic carbocycles. The molecule has 2 N–H and O–H groups in total. The molecule has 0 aromatic heterocycles. The van der Waals surface area contributed by atoms with Crippen molar-refractivity contribution in [2.45, 2.75) is 19.8 Å². The van der Waals surface area contributed by atoms with Gasteiger partial charge in [-0.3, -0.25) is 9.59 Å². The van der Waals surface area contributed by atoms with Gasteiger partial charge in [0.2, 0.25) is 5.91 Å². The summed E-state index contributed by atoms with van der Waals surface area (Å²) in [5, 5.41) is 6.21. The lowest BCUT2D eigenvalue weighted by Gasteiger charge is -2.13. The van der Waals surface area contributed by atoms with Crippen molar-refractivity contribution in [2.75, 3.05) is 17.7 Å². The van der Waals surface area contributed by atoms with Gasteiger partial charge in [0.05, 0.1) is 24.0 Å². The van der Waals surface area contributed by atoms with Crippen LogP contribution in [0.3, 0.4) is 0 Å². The maximum absolute atomic E-state index is 12.4. The van der Waals surface area contributed by atoms with Crippen LogP contribution < -0.4 is 15.4 Å². The maximum Gasteiger partial charge on any atom is 0.224 e. The molecule has 3 aromatic rings. The first-order chi connectivity index (χ1) is 14.1. The highest BCUT2D eigenvalue weighted by Crippen LogP contribution is 2.26. The zero-order valence-electron chi connectivity index (χ0n) is 16.6. The molecular formula is C24H24N2O3. The third-order valence-corrected chi connectivity index (χ3v) is 4.52. The number of hydrogen-bond donors (Lipinski definition) is 2. The second-order valence-electron chi connectivity index (χ2n) is 6.71. The standard InChI is InChI=1S/C24H24N2O3/c1-17-11-13-18(14-12-17)25-20-8-4-5-9-21(20)26-24(28)16-15-22(27)19-7-3-6-10-23(19)29-2/h3-14,25H,15-16H2,1-2H3,(H,26,28). The number of nitrogens with one attached hydrogen (secondary N) is 2. The smallest absolute Gasteiger partial charge is 0.224 e. The molecule has 0 saturated carbocycles. The molecule has 0 heterocycles. The molecule has 0 atom stereocenters. The van der Waals surface area contributed by atoms with E-state index in [1.165, 1.54) is 12.7 Å². The number of carbonyl (C=O) groups is 2. The van der Waals surface area contributed by atoms with E-state index in [0.717, 1.165) is 11.4 Å². The highest BCUT2D eigenvalue weighted by molar-refractivity contribution is 6.02. The summed E-state index contributed by atoms with van der Waals surface area (Å²) >= 11 is 0. The zero-order chi connectivity index (χ0) is 20.6. The topological polar surface area (TPSA) is 67.4 Å². The summed E-state index contributed by atoms with van der Waals surface area (Å²) in [4.78, 5) is 24.9. The van der Waals surface area contributed by atoms with Gasteiger partial charge in [-0.05, 0) is 43.3 Å². The Bertz CT molecular complexity index is 997. The number of ether oxygens (including phenoxy) is 1. The Labute approximate surface area is 170 Å². The van der Waals surface area contributed by atoms with Crippen LogP contribution in [0.1, 0.15) is 28.8 Å². The minimum atomic E-state index is -0.216. The van der Waals surface area contributed by atoms with E-state index in [1.54, 1.807) is 24.3 Å². The average Bonchev–Trinajstić information content (AvgIpc) is 2.75. The number of aryl methyl sites for hydroxylation is 1. The SMILES string of the molecule is COc1ccccc1C(=O)CCC(=O)Nc1ccccc1Nc1ccc(C)cc1. The second kappa shape index (κ2) is 9.55. The zero-order valence-corrected chi connectivity index (χ0v) is 16.6. The number of benzene rings is 3. The van der Waals surface area contributed by atoms with Crippen LogP contribution in [0.15, 0.2) is 72.8 Å². The second-order valence-corrected chi connectivity index (χ2v) is 6.71. The fourth-order valence-electron chi connectivity index (χ4n) is 2.94. The normalized spacial score (nSPS) is 10.3. The number of para-hydroxylation sites is 3. The third kappa shape index (κ3) is 5.45. The van der Waals surface area contributed by atoms with E-state index in [2.05, 4.69) is 10.6 Å². The lowest BCUT2D eigenvalue weighted by Crippen LogP contribution is -2.14. The van der Waals surface area contributed by atoms with Crippen LogP contribution in [0.4, 0.5) is 17.1 Å². The van der Waals surface area contributed by atoms with Crippen molar-refractivity contribution < 1.29 is 14.3 Å². The van der Waals surface area contributed by atoms with Crippen molar-refractivity contribution in [1.82, 2.24) is 0 Å². The lowest BCUT2D eigenvalue weighted by atomic mass is 10.1. The number of rotatable bonds is 8. The number of hydrogen-bond acceptors (Lipinski definition) is 4. The van der Waals surface area contributed by atoms with E-state index < -0.39 is 0 Å². The Morgan fingerprint density at radius 3 is 2.21 bits per heavy atom. The van der Waals surface area contributed by atoms with Crippen LogP contribution in [0, 0.1) is 6.92 Å². The van der Waals surface area contributed by atoms with E-state index in [-0.39, 0.29) is 24.5 Å². The molecule has 29 heavy (non-hydrogen) atoms. The molecule has 0 aliphatic heterocycles. The van der Waals surface area contributed by atoms with Crippen molar-refractivity contribution in [1.29, 1.82) is 0 Å². The van der Waals surface area contributed by atoms with Gasteiger partial charge < -0.3 is 15.4 Å². The number of carbonyl (C=O) groups excluding carboxylic acids is 2. The van der Waals surface area contributed by atoms with Crippen LogP contribution in [-0.2, 0) is 4.79 Å². The van der Waals surface area contributed by atoms with Gasteiger partial charge >= 0.3 is 0 Å². The summed E-state index contributed by atoms with van der Waals surface area (Å²) < 4.78 is 5.22. The van der Waals surface area contributed by atoms with Crippen molar-refractivity contribution in [2.24, 2.45) is 0 Å². The van der Waals surface area contributed by atoms with Crippen molar-refractivity contribution in [3.8, 4) is 5.75 Å². The van der Waals surface area contributed by atoms with Crippen molar-refractivity contribution >= 4 is 28.8 Å². The molecule has 0 aliphatic carbocycles. The maximum atomic E-state index is 12.4. The fourth-order valence-corrected chi connectivity index (χ4v) is 2.94. The number of amides is 1. The van der Waals surface area contributed by atoms with Crippen LogP contribution in [0.5, 0.6) is 5.75 Å². The van der Waals surface area contributed by atoms with E-state index >= 15 is 0 Å². The van der Waals surface area contributed by atoms with Crippen LogP contribution in [-0.4, -0.2) is 18.8 Å². The van der Waals surface area contributed by atoms with Crippen LogP contribution in [0.2, 0.25) is 0 Å². The predicted molar refractivity (Wildman–Crippen MR) is 116 cm³/mol. The van der Waals surface area contributed by atoms with Gasteiger partial charge in [0.1, 0.15) is 5.75 Å². The Morgan fingerprint density at radius 2 is 1.48 bits per heavy atom. The molecule has 1 amide bonds. The number of methoxy groups -OCH3 is 1. The molecule has 5 heteroatoms. The summed E-state index contributed by atoms with van der Waals surface area (Å²) in [7, 11) is 1.52. The van der Waals surface area contributed by atoms with Gasteiger partial charge in [-0.25, -0.2) is 0 Å². The van der Waals surface area contributed by atoms with Crippen molar-refractivity contribution in [3.05, 3.63) is 83.9 Å². The van der Waals surface area contributed by atoms with Gasteiger partial charge in [-0.2, -0.15) is 0 Å². The summed E-state index contributed by atoms with van der Waals surface area (Å²) in [6, 6.07) is 22.5. The molecule has 0 fully saturated rings. The van der Waals surface area contributed by atoms with E-state index in [1.807, 2.05) is 55.5 Å². The number of anilines is 3. The van der Waals surface area contributed by atoms with Gasteiger partial charge in [-0.15, -0.1) is 0 Å². The molecule has 0 spiro atoms. The van der Waals surface area contributed by atoms with Gasteiger partial charge in [0.15, 0.2) is 5.78 Å². The molecule has 148 valence electrons. The van der Waals surface area contributed by atoms with Gasteiger partial charge in [-0.1, -0.05) is 42.0 Å². The fraction of sp³-hybridized carbons (Fsp3) is 0.167.